The number of hydrogen-bond donors (Lipinski definition) is 1. The summed E-state index contributed by atoms with van der Waals surface area (Å²) in [5, 5.41) is 3.80. The fourth-order valence-corrected chi connectivity index (χ4v) is 2.24. The summed E-state index contributed by atoms with van der Waals surface area (Å²) < 4.78 is 0. The highest BCUT2D eigenvalue weighted by molar-refractivity contribution is 5.06. The van der Waals surface area contributed by atoms with E-state index in [1.165, 1.54) is 32.1 Å². The van der Waals surface area contributed by atoms with E-state index < -0.39 is 0 Å². The van der Waals surface area contributed by atoms with E-state index in [-0.39, 0.29) is 0 Å². The standard InChI is InChI=1S/C10H19N/c1-8(2)9-4-3-5-10(11-9)6-7-10/h8-9,11H,3-7H2,1-2H3. The third kappa shape index (κ3) is 1.44. The van der Waals surface area contributed by atoms with Gasteiger partial charge in [-0.15, -0.1) is 0 Å². The SMILES string of the molecule is CC(C)C1CCCC2(CC2)N1. The first kappa shape index (κ1) is 7.60. The number of nitrogens with one attached hydrogen (secondary N) is 1. The first-order valence-electron chi connectivity index (χ1n) is 5.00. The highest BCUT2D eigenvalue weighted by Crippen LogP contribution is 2.43. The van der Waals surface area contributed by atoms with E-state index in [4.69, 9.17) is 0 Å². The molecule has 1 saturated heterocycles. The molecule has 1 atom stereocenters. The lowest BCUT2D eigenvalue weighted by Crippen LogP contribution is -2.46. The summed E-state index contributed by atoms with van der Waals surface area (Å²) in [4.78, 5) is 0. The van der Waals surface area contributed by atoms with Gasteiger partial charge in [-0.2, -0.15) is 0 Å². The third-order valence-electron chi connectivity index (χ3n) is 3.32. The Hall–Kier alpha value is -0.0400. The number of piperidine rings is 1. The molecule has 2 rings (SSSR count). The van der Waals surface area contributed by atoms with Crippen molar-refractivity contribution in [2.45, 2.75) is 57.5 Å². The van der Waals surface area contributed by atoms with E-state index in [0.29, 0.717) is 5.54 Å². The molecule has 0 amide bonds. The molecular weight excluding hydrogens is 134 g/mol. The van der Waals surface area contributed by atoms with E-state index in [0.717, 1.165) is 12.0 Å². The van der Waals surface area contributed by atoms with E-state index in [1.54, 1.807) is 0 Å². The molecule has 0 radical (unpaired) electrons. The van der Waals surface area contributed by atoms with Crippen LogP contribution in [-0.4, -0.2) is 11.6 Å². The molecule has 11 heavy (non-hydrogen) atoms. The van der Waals surface area contributed by atoms with Gasteiger partial charge in [0, 0.05) is 11.6 Å². The lowest BCUT2D eigenvalue weighted by atomic mass is 9.90. The smallest absolute Gasteiger partial charge is 0.0185 e. The monoisotopic (exact) mass is 153 g/mol. The van der Waals surface area contributed by atoms with E-state index >= 15 is 0 Å². The molecule has 2 aliphatic rings. The minimum absolute atomic E-state index is 0.632. The Balaban J connectivity index is 1.93. The van der Waals surface area contributed by atoms with Gasteiger partial charge in [0.05, 0.1) is 0 Å². The van der Waals surface area contributed by atoms with Crippen LogP contribution in [0.2, 0.25) is 0 Å². The minimum Gasteiger partial charge on any atom is -0.308 e. The van der Waals surface area contributed by atoms with Gasteiger partial charge in [0.1, 0.15) is 0 Å². The molecule has 1 aliphatic heterocycles. The number of rotatable bonds is 1. The van der Waals surface area contributed by atoms with Crippen molar-refractivity contribution in [3.8, 4) is 0 Å². The van der Waals surface area contributed by atoms with Gasteiger partial charge in [0.25, 0.3) is 0 Å². The van der Waals surface area contributed by atoms with Crippen LogP contribution in [0.5, 0.6) is 0 Å². The first-order chi connectivity index (χ1) is 5.22. The molecule has 1 spiro atoms. The summed E-state index contributed by atoms with van der Waals surface area (Å²) in [7, 11) is 0. The molecule has 1 nitrogen and oxygen atoms in total. The van der Waals surface area contributed by atoms with Crippen molar-refractivity contribution in [2.24, 2.45) is 5.92 Å². The Morgan fingerprint density at radius 3 is 2.55 bits per heavy atom. The molecule has 2 fully saturated rings. The van der Waals surface area contributed by atoms with Crippen LogP contribution in [0, 0.1) is 5.92 Å². The summed E-state index contributed by atoms with van der Waals surface area (Å²) in [6.45, 7) is 4.66. The second kappa shape index (κ2) is 2.48. The summed E-state index contributed by atoms with van der Waals surface area (Å²) in [5.41, 5.74) is 0.632. The van der Waals surface area contributed by atoms with E-state index in [9.17, 15) is 0 Å². The van der Waals surface area contributed by atoms with Crippen LogP contribution in [0.25, 0.3) is 0 Å². The van der Waals surface area contributed by atoms with Crippen molar-refractivity contribution in [1.29, 1.82) is 0 Å². The van der Waals surface area contributed by atoms with Crippen LogP contribution in [0.15, 0.2) is 0 Å². The molecule has 0 aromatic heterocycles. The Labute approximate surface area is 69.6 Å². The fraction of sp³-hybridized carbons (Fsp3) is 1.00. The molecule has 1 aliphatic carbocycles. The van der Waals surface area contributed by atoms with Crippen LogP contribution >= 0.6 is 0 Å². The zero-order valence-electron chi connectivity index (χ0n) is 7.69. The fourth-order valence-electron chi connectivity index (χ4n) is 2.24. The topological polar surface area (TPSA) is 12.0 Å². The van der Waals surface area contributed by atoms with E-state index in [1.807, 2.05) is 0 Å². The molecule has 0 bridgehead atoms. The van der Waals surface area contributed by atoms with Gasteiger partial charge in [-0.25, -0.2) is 0 Å². The molecule has 64 valence electrons. The molecule has 1 unspecified atom stereocenters. The summed E-state index contributed by atoms with van der Waals surface area (Å²) in [6, 6.07) is 0.811. The normalized spacial score (nSPS) is 34.6. The average Bonchev–Trinajstić information content (AvgIpc) is 2.69. The molecule has 1 saturated carbocycles. The van der Waals surface area contributed by atoms with Gasteiger partial charge in [0.15, 0.2) is 0 Å². The molecule has 0 aromatic rings. The summed E-state index contributed by atoms with van der Waals surface area (Å²) in [5.74, 6) is 0.827. The van der Waals surface area contributed by atoms with E-state index in [2.05, 4.69) is 19.2 Å². The molecular formula is C10H19N. The summed E-state index contributed by atoms with van der Waals surface area (Å²) >= 11 is 0. The average molecular weight is 153 g/mol. The van der Waals surface area contributed by atoms with Gasteiger partial charge < -0.3 is 5.32 Å². The first-order valence-corrected chi connectivity index (χ1v) is 5.00. The van der Waals surface area contributed by atoms with Crippen molar-refractivity contribution >= 4 is 0 Å². The van der Waals surface area contributed by atoms with Crippen LogP contribution in [0.3, 0.4) is 0 Å². The molecule has 1 heterocycles. The Morgan fingerprint density at radius 2 is 2.00 bits per heavy atom. The maximum absolute atomic E-state index is 3.80. The highest BCUT2D eigenvalue weighted by Gasteiger charge is 2.45. The van der Waals surface area contributed by atoms with Gasteiger partial charge in [-0.1, -0.05) is 20.3 Å². The van der Waals surface area contributed by atoms with Crippen molar-refractivity contribution in [3.05, 3.63) is 0 Å². The largest absolute Gasteiger partial charge is 0.308 e. The number of hydrogen-bond acceptors (Lipinski definition) is 1. The molecule has 1 heteroatoms. The van der Waals surface area contributed by atoms with Crippen LogP contribution < -0.4 is 5.32 Å². The second-order valence-electron chi connectivity index (χ2n) is 4.67. The second-order valence-corrected chi connectivity index (χ2v) is 4.67. The van der Waals surface area contributed by atoms with Gasteiger partial charge in [-0.3, -0.25) is 0 Å². The summed E-state index contributed by atoms with van der Waals surface area (Å²) in [6.07, 6.45) is 7.18. The van der Waals surface area contributed by atoms with Gasteiger partial charge >= 0.3 is 0 Å². The lowest BCUT2D eigenvalue weighted by molar-refractivity contribution is 0.255. The molecule has 0 aromatic carbocycles. The molecule has 1 N–H and O–H groups in total. The lowest BCUT2D eigenvalue weighted by Gasteiger charge is -2.33. The van der Waals surface area contributed by atoms with Crippen molar-refractivity contribution in [3.63, 3.8) is 0 Å². The minimum atomic E-state index is 0.632. The third-order valence-corrected chi connectivity index (χ3v) is 3.32. The van der Waals surface area contributed by atoms with Crippen molar-refractivity contribution < 1.29 is 0 Å². The Bertz CT molecular complexity index is 147. The van der Waals surface area contributed by atoms with Crippen LogP contribution in [-0.2, 0) is 0 Å². The Kier molecular flexibility index (Phi) is 1.71. The highest BCUT2D eigenvalue weighted by atomic mass is 15.1. The van der Waals surface area contributed by atoms with Crippen LogP contribution in [0.4, 0.5) is 0 Å². The quantitative estimate of drug-likeness (QED) is 0.609. The zero-order valence-corrected chi connectivity index (χ0v) is 7.69. The van der Waals surface area contributed by atoms with Crippen molar-refractivity contribution in [2.75, 3.05) is 0 Å². The van der Waals surface area contributed by atoms with Gasteiger partial charge in [0.2, 0.25) is 0 Å². The predicted molar refractivity (Wildman–Crippen MR) is 47.6 cm³/mol. The Morgan fingerprint density at radius 1 is 1.27 bits per heavy atom. The maximum Gasteiger partial charge on any atom is 0.0185 e. The van der Waals surface area contributed by atoms with Crippen LogP contribution in [0.1, 0.15) is 46.0 Å². The van der Waals surface area contributed by atoms with Gasteiger partial charge in [-0.05, 0) is 31.6 Å². The van der Waals surface area contributed by atoms with Crippen molar-refractivity contribution in [1.82, 2.24) is 5.32 Å². The maximum atomic E-state index is 3.80. The zero-order chi connectivity index (χ0) is 7.90. The predicted octanol–water partition coefficient (Wildman–Crippen LogP) is 2.32.